The minimum absolute atomic E-state index is 0.0884. The van der Waals surface area contributed by atoms with Crippen LogP contribution in [0.4, 0.5) is 11.4 Å². The van der Waals surface area contributed by atoms with Crippen LogP contribution < -0.4 is 10.2 Å². The summed E-state index contributed by atoms with van der Waals surface area (Å²) >= 11 is 0. The number of para-hydroxylation sites is 1. The van der Waals surface area contributed by atoms with Gasteiger partial charge in [-0.05, 0) is 55.3 Å². The predicted octanol–water partition coefficient (Wildman–Crippen LogP) is 4.79. The quantitative estimate of drug-likeness (QED) is 0.357. The number of fused-ring (bicyclic) bond motifs is 5. The number of carbonyl (C=O) groups excluding carboxylic acids is 4. The van der Waals surface area contributed by atoms with Crippen molar-refractivity contribution >= 4 is 35.1 Å². The first-order chi connectivity index (χ1) is 18.0. The van der Waals surface area contributed by atoms with Gasteiger partial charge in [-0.15, -0.1) is 0 Å². The van der Waals surface area contributed by atoms with Gasteiger partial charge >= 0.3 is 5.97 Å². The number of amides is 3. The second-order valence-electron chi connectivity index (χ2n) is 9.08. The van der Waals surface area contributed by atoms with Gasteiger partial charge in [0.15, 0.2) is 0 Å². The van der Waals surface area contributed by atoms with E-state index in [1.54, 1.807) is 40.1 Å². The third kappa shape index (κ3) is 4.58. The van der Waals surface area contributed by atoms with Gasteiger partial charge in [0, 0.05) is 29.8 Å². The first kappa shape index (κ1) is 24.2. The number of unbranched alkanes of at least 4 members (excludes halogenated alkanes) is 2. The molecule has 37 heavy (non-hydrogen) atoms. The van der Waals surface area contributed by atoms with Crippen LogP contribution in [0.15, 0.2) is 72.8 Å². The molecule has 0 radical (unpaired) electrons. The Morgan fingerprint density at radius 2 is 1.54 bits per heavy atom. The first-order valence-electron chi connectivity index (χ1n) is 12.3. The van der Waals surface area contributed by atoms with E-state index < -0.39 is 12.1 Å². The Bertz CT molecular complexity index is 1370. The molecule has 0 aliphatic carbocycles. The predicted molar refractivity (Wildman–Crippen MR) is 138 cm³/mol. The van der Waals surface area contributed by atoms with E-state index in [-0.39, 0.29) is 17.7 Å². The molecule has 5 rings (SSSR count). The summed E-state index contributed by atoms with van der Waals surface area (Å²) in [5.74, 6) is -0.728. The standard InChI is InChI=1S/C29H27N3O5/c1-37-29(36)19-14-16-20(17-15-19)30-25(33)13-3-2-8-18-31-26-21-9-4-5-10-22(21)28(35)32(26)24-12-7-6-11-23(24)27(31)34/h4-7,9-12,14-17,26H,2-3,8,13,18H2,1H3,(H,30,33)/t26-/m0/s1. The smallest absolute Gasteiger partial charge is 0.337 e. The number of ether oxygens (including phenoxy) is 1. The summed E-state index contributed by atoms with van der Waals surface area (Å²) in [5.41, 5.74) is 3.66. The summed E-state index contributed by atoms with van der Waals surface area (Å²) in [6.45, 7) is 0.479. The van der Waals surface area contributed by atoms with Gasteiger partial charge in [0.2, 0.25) is 5.91 Å². The Hall–Kier alpha value is -4.46. The second-order valence-corrected chi connectivity index (χ2v) is 9.08. The van der Waals surface area contributed by atoms with Crippen LogP contribution in [0.2, 0.25) is 0 Å². The Labute approximate surface area is 214 Å². The lowest BCUT2D eigenvalue weighted by Gasteiger charge is -2.41. The zero-order chi connectivity index (χ0) is 25.9. The number of methoxy groups -OCH3 is 1. The van der Waals surface area contributed by atoms with Gasteiger partial charge < -0.3 is 15.0 Å². The molecule has 2 heterocycles. The molecular formula is C29H27N3O5. The maximum atomic E-state index is 13.4. The minimum atomic E-state index is -0.456. The average Bonchev–Trinajstić information content (AvgIpc) is 3.22. The zero-order valence-corrected chi connectivity index (χ0v) is 20.5. The van der Waals surface area contributed by atoms with Crippen LogP contribution in [0.1, 0.15) is 68.5 Å². The van der Waals surface area contributed by atoms with Gasteiger partial charge in [0.25, 0.3) is 11.8 Å². The molecule has 3 amide bonds. The van der Waals surface area contributed by atoms with Gasteiger partial charge in [-0.25, -0.2) is 4.79 Å². The van der Waals surface area contributed by atoms with Crippen molar-refractivity contribution in [3.05, 3.63) is 95.1 Å². The van der Waals surface area contributed by atoms with Crippen molar-refractivity contribution in [1.82, 2.24) is 4.90 Å². The lowest BCUT2D eigenvalue weighted by molar-refractivity contribution is -0.116. The molecule has 8 nitrogen and oxygen atoms in total. The molecular weight excluding hydrogens is 470 g/mol. The number of nitrogens with one attached hydrogen (secondary N) is 1. The topological polar surface area (TPSA) is 96.0 Å². The van der Waals surface area contributed by atoms with Crippen molar-refractivity contribution in [2.45, 2.75) is 31.8 Å². The van der Waals surface area contributed by atoms with Crippen molar-refractivity contribution in [2.75, 3.05) is 23.9 Å². The van der Waals surface area contributed by atoms with Crippen LogP contribution in [0, 0.1) is 0 Å². The molecule has 0 unspecified atom stereocenters. The van der Waals surface area contributed by atoms with E-state index in [0.717, 1.165) is 12.0 Å². The maximum absolute atomic E-state index is 13.4. The van der Waals surface area contributed by atoms with Gasteiger partial charge in [0.05, 0.1) is 23.9 Å². The molecule has 2 aliphatic rings. The van der Waals surface area contributed by atoms with Crippen LogP contribution >= 0.6 is 0 Å². The summed E-state index contributed by atoms with van der Waals surface area (Å²) < 4.78 is 4.68. The normalized spacial score (nSPS) is 15.6. The van der Waals surface area contributed by atoms with Crippen LogP contribution in [0.25, 0.3) is 0 Å². The number of esters is 1. The molecule has 0 saturated heterocycles. The summed E-state index contributed by atoms with van der Waals surface area (Å²) in [6, 6.07) is 21.2. The number of nitrogens with zero attached hydrogens (tertiary/aromatic N) is 2. The highest BCUT2D eigenvalue weighted by Crippen LogP contribution is 2.45. The van der Waals surface area contributed by atoms with Crippen molar-refractivity contribution in [2.24, 2.45) is 0 Å². The maximum Gasteiger partial charge on any atom is 0.337 e. The Kier molecular flexibility index (Phi) is 6.72. The van der Waals surface area contributed by atoms with Gasteiger partial charge in [0.1, 0.15) is 6.17 Å². The van der Waals surface area contributed by atoms with Crippen molar-refractivity contribution < 1.29 is 23.9 Å². The Morgan fingerprint density at radius 3 is 2.30 bits per heavy atom. The fourth-order valence-electron chi connectivity index (χ4n) is 4.97. The number of hydrogen-bond donors (Lipinski definition) is 1. The molecule has 0 bridgehead atoms. The third-order valence-corrected chi connectivity index (χ3v) is 6.78. The summed E-state index contributed by atoms with van der Waals surface area (Å²) in [5, 5.41) is 2.83. The van der Waals surface area contributed by atoms with Gasteiger partial charge in [-0.3, -0.25) is 19.3 Å². The number of benzene rings is 3. The van der Waals surface area contributed by atoms with Crippen LogP contribution in [0.3, 0.4) is 0 Å². The molecule has 8 heteroatoms. The molecule has 0 fully saturated rings. The number of carbonyl (C=O) groups is 4. The monoisotopic (exact) mass is 497 g/mol. The molecule has 1 N–H and O–H groups in total. The summed E-state index contributed by atoms with van der Waals surface area (Å²) in [4.78, 5) is 54.0. The highest BCUT2D eigenvalue weighted by Gasteiger charge is 2.47. The van der Waals surface area contributed by atoms with E-state index in [4.69, 9.17) is 0 Å². The highest BCUT2D eigenvalue weighted by molar-refractivity contribution is 6.16. The molecule has 3 aromatic carbocycles. The molecule has 3 aromatic rings. The zero-order valence-electron chi connectivity index (χ0n) is 20.5. The molecule has 2 aliphatic heterocycles. The average molecular weight is 498 g/mol. The largest absolute Gasteiger partial charge is 0.465 e. The van der Waals surface area contributed by atoms with Crippen molar-refractivity contribution in [3.63, 3.8) is 0 Å². The number of rotatable bonds is 8. The van der Waals surface area contributed by atoms with E-state index in [1.807, 2.05) is 42.5 Å². The van der Waals surface area contributed by atoms with E-state index in [2.05, 4.69) is 10.1 Å². The number of anilines is 2. The second kappa shape index (κ2) is 10.3. The Balaban J connectivity index is 1.19. The van der Waals surface area contributed by atoms with E-state index in [0.29, 0.717) is 53.9 Å². The molecule has 188 valence electrons. The summed E-state index contributed by atoms with van der Waals surface area (Å²) in [7, 11) is 1.32. The lowest BCUT2D eigenvalue weighted by atomic mass is 10.0. The van der Waals surface area contributed by atoms with Crippen LogP contribution in [0.5, 0.6) is 0 Å². The minimum Gasteiger partial charge on any atom is -0.465 e. The summed E-state index contributed by atoms with van der Waals surface area (Å²) in [6.07, 6.45) is 2.00. The lowest BCUT2D eigenvalue weighted by Crippen LogP contribution is -2.48. The first-order valence-corrected chi connectivity index (χ1v) is 12.3. The Morgan fingerprint density at radius 1 is 0.838 bits per heavy atom. The third-order valence-electron chi connectivity index (χ3n) is 6.78. The van der Waals surface area contributed by atoms with Crippen molar-refractivity contribution in [1.29, 1.82) is 0 Å². The fraction of sp³-hybridized carbons (Fsp3) is 0.241. The molecule has 0 saturated carbocycles. The molecule has 0 spiro atoms. The molecule has 0 aromatic heterocycles. The fourth-order valence-corrected chi connectivity index (χ4v) is 4.97. The van der Waals surface area contributed by atoms with E-state index in [1.165, 1.54) is 7.11 Å². The van der Waals surface area contributed by atoms with Gasteiger partial charge in [-0.1, -0.05) is 36.8 Å². The SMILES string of the molecule is COC(=O)c1ccc(NC(=O)CCCCCN2C(=O)c3ccccc3N3C(=O)c4ccccc4[C@@H]23)cc1. The van der Waals surface area contributed by atoms with Gasteiger partial charge in [-0.2, -0.15) is 0 Å². The van der Waals surface area contributed by atoms with E-state index >= 15 is 0 Å². The highest BCUT2D eigenvalue weighted by atomic mass is 16.5. The van der Waals surface area contributed by atoms with Crippen LogP contribution in [-0.2, 0) is 9.53 Å². The van der Waals surface area contributed by atoms with E-state index in [9.17, 15) is 19.2 Å². The van der Waals surface area contributed by atoms with Crippen molar-refractivity contribution in [3.8, 4) is 0 Å². The molecule has 1 atom stereocenters. The van der Waals surface area contributed by atoms with Crippen LogP contribution in [-0.4, -0.2) is 42.2 Å². The number of hydrogen-bond acceptors (Lipinski definition) is 5.